The van der Waals surface area contributed by atoms with Gasteiger partial charge < -0.3 is 10.6 Å². The predicted octanol–water partition coefficient (Wildman–Crippen LogP) is 4.93. The Morgan fingerprint density at radius 2 is 1.96 bits per heavy atom. The van der Waals surface area contributed by atoms with E-state index in [1.807, 2.05) is 48.5 Å². The number of hydrogen-bond acceptors (Lipinski definition) is 6. The Morgan fingerprint density at radius 3 is 2.82 bits per heavy atom. The number of rotatable bonds is 2. The van der Waals surface area contributed by atoms with Crippen LogP contribution in [0, 0.1) is 5.92 Å². The van der Waals surface area contributed by atoms with Crippen molar-refractivity contribution in [1.29, 1.82) is 0 Å². The van der Waals surface area contributed by atoms with Gasteiger partial charge in [-0.15, -0.1) is 0 Å². The fourth-order valence-corrected chi connectivity index (χ4v) is 4.85. The van der Waals surface area contributed by atoms with Gasteiger partial charge in [-0.3, -0.25) is 4.79 Å². The number of nitrogens with one attached hydrogen (secondary N) is 2. The molecule has 2 N–H and O–H groups in total. The summed E-state index contributed by atoms with van der Waals surface area (Å²) in [5.41, 5.74) is 2.69. The van der Waals surface area contributed by atoms with E-state index in [4.69, 9.17) is 16.6 Å². The Hall–Kier alpha value is -2.70. The molecule has 28 heavy (non-hydrogen) atoms. The quantitative estimate of drug-likeness (QED) is 0.631. The highest BCUT2D eigenvalue weighted by atomic mass is 35.5. The molecule has 0 saturated heterocycles. The third kappa shape index (κ3) is 3.08. The van der Waals surface area contributed by atoms with Gasteiger partial charge in [-0.25, -0.2) is 9.98 Å². The molecule has 7 heteroatoms. The molecule has 2 atom stereocenters. The highest BCUT2D eigenvalue weighted by Crippen LogP contribution is 2.40. The smallest absolute Gasteiger partial charge is 0.202 e. The molecule has 0 fully saturated rings. The molecule has 2 aliphatic rings. The lowest BCUT2D eigenvalue weighted by molar-refractivity contribution is -0.122. The molecule has 3 aromatic rings. The fourth-order valence-electron chi connectivity index (χ4n) is 3.74. The van der Waals surface area contributed by atoms with Crippen molar-refractivity contribution in [3.63, 3.8) is 0 Å². The third-order valence-corrected chi connectivity index (χ3v) is 6.32. The highest BCUT2D eigenvalue weighted by molar-refractivity contribution is 7.22. The average molecular weight is 409 g/mol. The first kappa shape index (κ1) is 17.4. The molecule has 0 bridgehead atoms. The number of anilines is 1. The number of aromatic nitrogens is 1. The maximum Gasteiger partial charge on any atom is 0.202 e. The highest BCUT2D eigenvalue weighted by Gasteiger charge is 2.38. The molecular formula is C21H17ClN4OS. The van der Waals surface area contributed by atoms with Crippen LogP contribution in [-0.4, -0.2) is 16.7 Å². The Bertz CT molecular complexity index is 1100. The zero-order valence-electron chi connectivity index (χ0n) is 14.9. The number of carbonyl (C=O) groups is 1. The van der Waals surface area contributed by atoms with Gasteiger partial charge >= 0.3 is 0 Å². The lowest BCUT2D eigenvalue weighted by Crippen LogP contribution is -2.43. The molecule has 5 nitrogen and oxygen atoms in total. The lowest BCUT2D eigenvalue weighted by Gasteiger charge is -2.34. The maximum absolute atomic E-state index is 12.7. The molecule has 0 amide bonds. The fraction of sp³-hybridized carbons (Fsp3) is 0.190. The molecule has 5 rings (SSSR count). The summed E-state index contributed by atoms with van der Waals surface area (Å²) in [6, 6.07) is 15.2. The summed E-state index contributed by atoms with van der Waals surface area (Å²) >= 11 is 8.01. The van der Waals surface area contributed by atoms with Gasteiger partial charge in [0.25, 0.3) is 0 Å². The monoisotopic (exact) mass is 408 g/mol. The van der Waals surface area contributed by atoms with Crippen molar-refractivity contribution in [2.24, 2.45) is 10.9 Å². The minimum absolute atomic E-state index is 0.192. The van der Waals surface area contributed by atoms with Crippen LogP contribution in [0.25, 0.3) is 10.2 Å². The number of carbonyl (C=O) groups excluding carboxylic acids is 1. The van der Waals surface area contributed by atoms with Crippen LogP contribution in [0.3, 0.4) is 0 Å². The number of ketones is 1. The molecule has 0 spiro atoms. The zero-order valence-corrected chi connectivity index (χ0v) is 16.4. The minimum Gasteiger partial charge on any atom is -0.329 e. The normalized spacial score (nSPS) is 21.5. The van der Waals surface area contributed by atoms with Crippen LogP contribution >= 0.6 is 22.9 Å². The van der Waals surface area contributed by atoms with E-state index in [1.165, 1.54) is 0 Å². The summed E-state index contributed by atoms with van der Waals surface area (Å²) in [4.78, 5) is 22.1. The van der Waals surface area contributed by atoms with Gasteiger partial charge in [0.05, 0.1) is 22.2 Å². The molecular weight excluding hydrogens is 392 g/mol. The van der Waals surface area contributed by atoms with Crippen molar-refractivity contribution in [3.8, 4) is 0 Å². The third-order valence-electron chi connectivity index (χ3n) is 5.03. The molecule has 2 heterocycles. The van der Waals surface area contributed by atoms with Crippen LogP contribution < -0.4 is 10.6 Å². The first-order chi connectivity index (χ1) is 13.7. The summed E-state index contributed by atoms with van der Waals surface area (Å²) in [6.07, 6.45) is 3.36. The number of fused-ring (bicyclic) bond motifs is 2. The van der Waals surface area contributed by atoms with E-state index in [0.29, 0.717) is 17.4 Å². The second-order valence-electron chi connectivity index (χ2n) is 6.82. The molecule has 1 aromatic heterocycles. The molecule has 0 radical (unpaired) electrons. The van der Waals surface area contributed by atoms with Crippen molar-refractivity contribution in [2.45, 2.75) is 18.9 Å². The van der Waals surface area contributed by atoms with Crippen molar-refractivity contribution in [2.75, 3.05) is 5.32 Å². The van der Waals surface area contributed by atoms with Crippen molar-refractivity contribution < 1.29 is 4.79 Å². The Morgan fingerprint density at radius 1 is 1.14 bits per heavy atom. The minimum atomic E-state index is -0.356. The molecule has 140 valence electrons. The molecule has 1 aliphatic heterocycles. The van der Waals surface area contributed by atoms with E-state index < -0.39 is 0 Å². The van der Waals surface area contributed by atoms with Crippen LogP contribution in [0.5, 0.6) is 0 Å². The van der Waals surface area contributed by atoms with Gasteiger partial charge in [0.15, 0.2) is 5.13 Å². The van der Waals surface area contributed by atoms with Crippen LogP contribution in [0.15, 0.2) is 65.3 Å². The van der Waals surface area contributed by atoms with Crippen LogP contribution in [0.4, 0.5) is 5.13 Å². The van der Waals surface area contributed by atoms with Crippen LogP contribution in [0.2, 0.25) is 5.02 Å². The summed E-state index contributed by atoms with van der Waals surface area (Å²) in [6.45, 7) is 0. The van der Waals surface area contributed by atoms with Gasteiger partial charge in [0.2, 0.25) is 5.96 Å². The molecule has 2 unspecified atom stereocenters. The number of aliphatic imine (C=N–C) groups is 1. The second-order valence-corrected chi connectivity index (χ2v) is 8.26. The van der Waals surface area contributed by atoms with Gasteiger partial charge in [0, 0.05) is 17.1 Å². The topological polar surface area (TPSA) is 66.4 Å². The van der Waals surface area contributed by atoms with Crippen molar-refractivity contribution in [3.05, 3.63) is 70.9 Å². The van der Waals surface area contributed by atoms with E-state index in [1.54, 1.807) is 11.3 Å². The summed E-state index contributed by atoms with van der Waals surface area (Å²) in [5, 5.41) is 7.97. The van der Waals surface area contributed by atoms with Crippen molar-refractivity contribution >= 4 is 50.0 Å². The Balaban J connectivity index is 1.55. The van der Waals surface area contributed by atoms with Gasteiger partial charge in [-0.1, -0.05) is 59.3 Å². The van der Waals surface area contributed by atoms with Gasteiger partial charge in [-0.2, -0.15) is 0 Å². The number of benzene rings is 2. The largest absolute Gasteiger partial charge is 0.329 e. The first-order valence-corrected chi connectivity index (χ1v) is 10.3. The SMILES string of the molecule is O=C1CCC=C2NC(Nc3nc4ccccc4s3)=NC(c3ccccc3Cl)C12. The van der Waals surface area contributed by atoms with Crippen LogP contribution in [0.1, 0.15) is 24.4 Å². The van der Waals surface area contributed by atoms with Gasteiger partial charge in [0.1, 0.15) is 5.78 Å². The number of halogens is 1. The first-order valence-electron chi connectivity index (χ1n) is 9.13. The summed E-state index contributed by atoms with van der Waals surface area (Å²) in [7, 11) is 0. The number of thiazole rings is 1. The second kappa shape index (κ2) is 7.04. The standard InChI is InChI=1S/C21H17ClN4OS/c22-13-7-2-1-6-12(13)19-18-15(9-5-10-16(18)27)23-20(25-19)26-21-24-14-8-3-4-11-17(14)28-21/h1-4,6-9,11,18-19H,5,10H2,(H2,23,24,25,26). The number of Topliss-reactive ketones (excluding diaryl/α,β-unsaturated/α-hetero) is 1. The zero-order chi connectivity index (χ0) is 19.1. The number of nitrogens with zero attached hydrogens (tertiary/aromatic N) is 2. The molecule has 0 saturated carbocycles. The van der Waals surface area contributed by atoms with Crippen molar-refractivity contribution in [1.82, 2.24) is 10.3 Å². The van der Waals surface area contributed by atoms with E-state index in [2.05, 4.69) is 21.7 Å². The number of allylic oxidation sites excluding steroid dienone is 1. The van der Waals surface area contributed by atoms with E-state index in [9.17, 15) is 4.79 Å². The molecule has 2 aromatic carbocycles. The number of guanidine groups is 1. The van der Waals surface area contributed by atoms with E-state index in [0.717, 1.165) is 33.0 Å². The van der Waals surface area contributed by atoms with Crippen LogP contribution in [-0.2, 0) is 4.79 Å². The summed E-state index contributed by atoms with van der Waals surface area (Å²) < 4.78 is 1.11. The maximum atomic E-state index is 12.7. The lowest BCUT2D eigenvalue weighted by atomic mass is 9.81. The predicted molar refractivity (Wildman–Crippen MR) is 114 cm³/mol. The number of para-hydroxylation sites is 1. The summed E-state index contributed by atoms with van der Waals surface area (Å²) in [5.74, 6) is 0.452. The van der Waals surface area contributed by atoms with E-state index >= 15 is 0 Å². The Labute approximate surface area is 171 Å². The van der Waals surface area contributed by atoms with Gasteiger partial charge in [-0.05, 0) is 30.2 Å². The Kier molecular flexibility index (Phi) is 4.37. The van der Waals surface area contributed by atoms with E-state index in [-0.39, 0.29) is 17.7 Å². The number of hydrogen-bond donors (Lipinski definition) is 2. The molecule has 1 aliphatic carbocycles. The average Bonchev–Trinajstić information content (AvgIpc) is 3.10.